The second kappa shape index (κ2) is 7.12. The molecule has 2 aromatic rings. The van der Waals surface area contributed by atoms with Crippen LogP contribution in [0.5, 0.6) is 0 Å². The maximum Gasteiger partial charge on any atom is 0.109 e. The Hall–Kier alpha value is -0.940. The van der Waals surface area contributed by atoms with E-state index in [2.05, 4.69) is 48.5 Å². The minimum atomic E-state index is -0.518. The van der Waals surface area contributed by atoms with Crippen LogP contribution in [-0.2, 0) is 9.48 Å². The highest BCUT2D eigenvalue weighted by Crippen LogP contribution is 2.56. The van der Waals surface area contributed by atoms with Gasteiger partial charge in [-0.2, -0.15) is 0 Å². The Morgan fingerprint density at radius 2 is 1.46 bits per heavy atom. The zero-order valence-corrected chi connectivity index (χ0v) is 15.9. The van der Waals surface area contributed by atoms with Crippen molar-refractivity contribution in [2.24, 2.45) is 0 Å². The lowest BCUT2D eigenvalue weighted by atomic mass is 9.83. The van der Waals surface area contributed by atoms with Crippen LogP contribution in [0, 0.1) is 0 Å². The van der Waals surface area contributed by atoms with Crippen LogP contribution < -0.4 is 0 Å². The van der Waals surface area contributed by atoms with Crippen LogP contribution in [0.1, 0.15) is 31.9 Å². The molecule has 128 valence electrons. The molecule has 0 bridgehead atoms. The van der Waals surface area contributed by atoms with Gasteiger partial charge in [0.05, 0.1) is 11.7 Å². The van der Waals surface area contributed by atoms with Crippen molar-refractivity contribution in [3.8, 4) is 0 Å². The molecular formula is C20H24O2S2. The first kappa shape index (κ1) is 17.9. The van der Waals surface area contributed by atoms with Gasteiger partial charge in [0, 0.05) is 5.75 Å². The van der Waals surface area contributed by atoms with Crippen LogP contribution >= 0.6 is 21.6 Å². The summed E-state index contributed by atoms with van der Waals surface area (Å²) in [7, 11) is 3.52. The molecule has 1 aliphatic rings. The summed E-state index contributed by atoms with van der Waals surface area (Å²) in [5.41, 5.74) is 2.01. The average molecular weight is 361 g/mol. The molecule has 1 aliphatic heterocycles. The highest BCUT2D eigenvalue weighted by molar-refractivity contribution is 8.77. The Kier molecular flexibility index (Phi) is 5.30. The summed E-state index contributed by atoms with van der Waals surface area (Å²) in [6, 6.07) is 20.8. The van der Waals surface area contributed by atoms with Gasteiger partial charge in [-0.1, -0.05) is 82.3 Å². The first-order valence-electron chi connectivity index (χ1n) is 8.21. The smallest absolute Gasteiger partial charge is 0.109 e. The van der Waals surface area contributed by atoms with Crippen LogP contribution in [0.2, 0.25) is 0 Å². The van der Waals surface area contributed by atoms with Gasteiger partial charge in [0.15, 0.2) is 0 Å². The molecule has 0 saturated carbocycles. The normalized spacial score (nSPS) is 23.8. The lowest BCUT2D eigenvalue weighted by Gasteiger charge is -2.47. The fraction of sp³-hybridized carbons (Fsp3) is 0.400. The third-order valence-corrected chi connectivity index (χ3v) is 7.18. The van der Waals surface area contributed by atoms with Crippen LogP contribution in [-0.4, -0.2) is 28.7 Å². The van der Waals surface area contributed by atoms with Crippen molar-refractivity contribution in [1.29, 1.82) is 0 Å². The Morgan fingerprint density at radius 1 is 0.958 bits per heavy atom. The molecule has 2 aromatic carbocycles. The van der Waals surface area contributed by atoms with Crippen molar-refractivity contribution in [1.82, 2.24) is 0 Å². The van der Waals surface area contributed by atoms with Gasteiger partial charge in [-0.3, -0.25) is 0 Å². The van der Waals surface area contributed by atoms with Crippen molar-refractivity contribution in [2.45, 2.75) is 43.3 Å². The molecular weight excluding hydrogens is 336 g/mol. The van der Waals surface area contributed by atoms with Crippen molar-refractivity contribution >= 4 is 21.6 Å². The molecule has 1 N–H and O–H groups in total. The molecule has 0 radical (unpaired) electrons. The van der Waals surface area contributed by atoms with Gasteiger partial charge >= 0.3 is 0 Å². The Morgan fingerprint density at radius 3 is 1.92 bits per heavy atom. The van der Waals surface area contributed by atoms with Crippen molar-refractivity contribution in [3.05, 3.63) is 71.8 Å². The fourth-order valence-corrected chi connectivity index (χ4v) is 6.48. The zero-order valence-electron chi connectivity index (χ0n) is 14.3. The predicted octanol–water partition coefficient (Wildman–Crippen LogP) is 4.87. The van der Waals surface area contributed by atoms with E-state index in [9.17, 15) is 5.11 Å². The van der Waals surface area contributed by atoms with E-state index >= 15 is 0 Å². The molecule has 4 heteroatoms. The third kappa shape index (κ3) is 3.52. The van der Waals surface area contributed by atoms with Gasteiger partial charge in [-0.05, 0) is 31.9 Å². The highest BCUT2D eigenvalue weighted by atomic mass is 33.1. The van der Waals surface area contributed by atoms with Crippen LogP contribution in [0.4, 0.5) is 0 Å². The summed E-state index contributed by atoms with van der Waals surface area (Å²) in [6.07, 6.45) is -0.829. The van der Waals surface area contributed by atoms with Gasteiger partial charge in [-0.25, -0.2) is 0 Å². The molecule has 1 saturated heterocycles. The third-order valence-electron chi connectivity index (χ3n) is 4.07. The second-order valence-corrected chi connectivity index (χ2v) is 9.64. The predicted molar refractivity (Wildman–Crippen MR) is 104 cm³/mol. The topological polar surface area (TPSA) is 29.5 Å². The Balaban J connectivity index is 2.18. The van der Waals surface area contributed by atoms with Gasteiger partial charge in [0.25, 0.3) is 0 Å². The van der Waals surface area contributed by atoms with E-state index in [1.54, 1.807) is 21.6 Å². The molecule has 1 fully saturated rings. The summed E-state index contributed by atoms with van der Waals surface area (Å²) in [5.74, 6) is 0.673. The fourth-order valence-electron chi connectivity index (χ4n) is 3.11. The minimum absolute atomic E-state index is 0.312. The van der Waals surface area contributed by atoms with E-state index in [4.69, 9.17) is 4.74 Å². The number of aliphatic hydroxyl groups is 1. The SMILES string of the molecule is CC(C)(C)OC1C(O)CSSC1(c1ccccc1)c1ccccc1. The number of hydrogen-bond acceptors (Lipinski definition) is 4. The van der Waals surface area contributed by atoms with Crippen molar-refractivity contribution in [2.75, 3.05) is 5.75 Å². The summed E-state index contributed by atoms with van der Waals surface area (Å²) in [6.45, 7) is 6.15. The van der Waals surface area contributed by atoms with E-state index in [0.717, 1.165) is 0 Å². The molecule has 24 heavy (non-hydrogen) atoms. The van der Waals surface area contributed by atoms with E-state index in [1.165, 1.54) is 11.1 Å². The summed E-state index contributed by atoms with van der Waals surface area (Å²) in [5, 5.41) is 10.8. The number of benzene rings is 2. The van der Waals surface area contributed by atoms with Crippen molar-refractivity contribution < 1.29 is 9.84 Å². The molecule has 0 aliphatic carbocycles. The number of ether oxygens (including phenoxy) is 1. The second-order valence-electron chi connectivity index (χ2n) is 7.05. The summed E-state index contributed by atoms with van der Waals surface area (Å²) < 4.78 is 6.00. The standard InChI is InChI=1S/C20H24O2S2/c1-19(2,3)22-18-17(21)14-23-24-20(18,15-10-6-4-7-11-15)16-12-8-5-9-13-16/h4-13,17-18,21H,14H2,1-3H3. The summed E-state index contributed by atoms with van der Waals surface area (Å²) >= 11 is 0. The first-order valence-corrected chi connectivity index (χ1v) is 10.5. The molecule has 2 unspecified atom stereocenters. The molecule has 0 amide bonds. The van der Waals surface area contributed by atoms with Gasteiger partial charge in [0.1, 0.15) is 10.9 Å². The van der Waals surface area contributed by atoms with Gasteiger partial charge in [-0.15, -0.1) is 0 Å². The van der Waals surface area contributed by atoms with Crippen molar-refractivity contribution in [3.63, 3.8) is 0 Å². The molecule has 1 heterocycles. The van der Waals surface area contributed by atoms with E-state index in [1.807, 2.05) is 32.9 Å². The maximum absolute atomic E-state index is 10.8. The quantitative estimate of drug-likeness (QED) is 0.791. The van der Waals surface area contributed by atoms with E-state index in [0.29, 0.717) is 5.75 Å². The highest BCUT2D eigenvalue weighted by Gasteiger charge is 2.51. The van der Waals surface area contributed by atoms with Crippen LogP contribution in [0.3, 0.4) is 0 Å². The van der Waals surface area contributed by atoms with Gasteiger partial charge in [0.2, 0.25) is 0 Å². The molecule has 2 nitrogen and oxygen atoms in total. The van der Waals surface area contributed by atoms with Crippen LogP contribution in [0.25, 0.3) is 0 Å². The number of aliphatic hydroxyl groups excluding tert-OH is 1. The van der Waals surface area contributed by atoms with E-state index in [-0.39, 0.29) is 11.7 Å². The van der Waals surface area contributed by atoms with Gasteiger partial charge < -0.3 is 9.84 Å². The molecule has 0 aromatic heterocycles. The lowest BCUT2D eigenvalue weighted by molar-refractivity contribution is -0.116. The van der Waals surface area contributed by atoms with E-state index < -0.39 is 10.9 Å². The maximum atomic E-state index is 10.8. The average Bonchev–Trinajstić information content (AvgIpc) is 2.57. The minimum Gasteiger partial charge on any atom is -0.389 e. The number of rotatable bonds is 3. The Bertz CT molecular complexity index is 613. The summed E-state index contributed by atoms with van der Waals surface area (Å²) in [4.78, 5) is 0. The first-order chi connectivity index (χ1) is 11.4. The molecule has 3 rings (SSSR count). The molecule has 2 atom stereocenters. The van der Waals surface area contributed by atoms with Crippen LogP contribution in [0.15, 0.2) is 60.7 Å². The number of hydrogen-bond donors (Lipinski definition) is 1. The zero-order chi connectivity index (χ0) is 17.2. The Labute approximate surface area is 152 Å². The molecule has 0 spiro atoms. The monoisotopic (exact) mass is 360 g/mol. The largest absolute Gasteiger partial charge is 0.389 e. The lowest BCUT2D eigenvalue weighted by Crippen LogP contribution is -2.52.